The smallest absolute Gasteiger partial charge is 0.203 e. The van der Waals surface area contributed by atoms with Crippen molar-refractivity contribution in [2.75, 3.05) is 21.3 Å². The molecule has 0 aromatic heterocycles. The number of hydrogen-bond acceptors (Lipinski definition) is 5. The second-order valence-corrected chi connectivity index (χ2v) is 5.86. The molecule has 136 valence electrons. The minimum atomic E-state index is -0.413. The third-order valence-corrected chi connectivity index (χ3v) is 4.45. The van der Waals surface area contributed by atoms with Gasteiger partial charge in [0.05, 0.1) is 33.5 Å². The molecule has 0 heterocycles. The summed E-state index contributed by atoms with van der Waals surface area (Å²) in [6, 6.07) is 11.9. The fraction of sp³-hybridized carbons (Fsp3) is 0.368. The van der Waals surface area contributed by atoms with Crippen LogP contribution >= 0.6 is 12.4 Å². The topological polar surface area (TPSA) is 60.0 Å². The Labute approximate surface area is 154 Å². The third kappa shape index (κ3) is 3.84. The normalized spacial score (nSPS) is 18.2. The molecular weight excluding hydrogens is 342 g/mol. The fourth-order valence-corrected chi connectivity index (χ4v) is 3.29. The molecule has 2 aromatic rings. The van der Waals surface area contributed by atoms with Crippen molar-refractivity contribution >= 4 is 12.4 Å². The highest BCUT2D eigenvalue weighted by molar-refractivity contribution is 5.85. The van der Waals surface area contributed by atoms with Gasteiger partial charge in [0.2, 0.25) is 5.75 Å². The van der Waals surface area contributed by atoms with Gasteiger partial charge in [-0.15, -0.1) is 12.4 Å². The van der Waals surface area contributed by atoms with Crippen LogP contribution in [0.15, 0.2) is 36.4 Å². The van der Waals surface area contributed by atoms with Gasteiger partial charge < -0.3 is 24.6 Å². The van der Waals surface area contributed by atoms with E-state index in [2.05, 4.69) is 17.4 Å². The van der Waals surface area contributed by atoms with Crippen molar-refractivity contribution in [3.63, 3.8) is 0 Å². The maximum absolute atomic E-state index is 10.3. The standard InChI is InChI=1S/C19H23NO4.ClH/c1-22-16-8-12(9-17(23-2)19(16)24-3)11-20-18-14-7-5-4-6-13(14)10-15(18)21;/h4-9,15,18,20-21H,10-11H2,1-3H3;1H/t15-,18+;/m0./s1. The minimum absolute atomic E-state index is 0. The Morgan fingerprint density at radius 2 is 1.68 bits per heavy atom. The number of rotatable bonds is 6. The van der Waals surface area contributed by atoms with Gasteiger partial charge in [0, 0.05) is 13.0 Å². The summed E-state index contributed by atoms with van der Waals surface area (Å²) in [5.74, 6) is 1.83. The molecule has 1 aliphatic rings. The molecule has 3 rings (SSSR count). The predicted molar refractivity (Wildman–Crippen MR) is 99.1 cm³/mol. The van der Waals surface area contributed by atoms with Crippen molar-refractivity contribution in [1.29, 1.82) is 0 Å². The molecule has 0 radical (unpaired) electrons. The quantitative estimate of drug-likeness (QED) is 0.824. The van der Waals surface area contributed by atoms with E-state index >= 15 is 0 Å². The lowest BCUT2D eigenvalue weighted by molar-refractivity contribution is 0.140. The van der Waals surface area contributed by atoms with Crippen molar-refractivity contribution in [2.24, 2.45) is 0 Å². The monoisotopic (exact) mass is 365 g/mol. The highest BCUT2D eigenvalue weighted by atomic mass is 35.5. The second kappa shape index (κ2) is 8.43. The largest absolute Gasteiger partial charge is 0.493 e. The summed E-state index contributed by atoms with van der Waals surface area (Å²) in [7, 11) is 4.79. The van der Waals surface area contributed by atoms with E-state index in [1.54, 1.807) is 21.3 Å². The van der Waals surface area contributed by atoms with Crippen LogP contribution in [0.4, 0.5) is 0 Å². The van der Waals surface area contributed by atoms with Gasteiger partial charge in [-0.25, -0.2) is 0 Å². The van der Waals surface area contributed by atoms with E-state index in [4.69, 9.17) is 14.2 Å². The van der Waals surface area contributed by atoms with Gasteiger partial charge in [-0.3, -0.25) is 0 Å². The zero-order chi connectivity index (χ0) is 17.1. The molecule has 0 amide bonds. The molecule has 1 aliphatic carbocycles. The van der Waals surface area contributed by atoms with E-state index in [-0.39, 0.29) is 18.4 Å². The molecule has 2 aromatic carbocycles. The van der Waals surface area contributed by atoms with Gasteiger partial charge in [0.15, 0.2) is 11.5 Å². The summed E-state index contributed by atoms with van der Waals surface area (Å²) in [6.45, 7) is 0.590. The summed E-state index contributed by atoms with van der Waals surface area (Å²) in [4.78, 5) is 0. The zero-order valence-electron chi connectivity index (χ0n) is 14.6. The molecule has 2 atom stereocenters. The Morgan fingerprint density at radius 1 is 1.04 bits per heavy atom. The zero-order valence-corrected chi connectivity index (χ0v) is 15.4. The lowest BCUT2D eigenvalue weighted by atomic mass is 10.1. The molecule has 5 nitrogen and oxygen atoms in total. The molecule has 0 aliphatic heterocycles. The Bertz CT molecular complexity index is 697. The van der Waals surface area contributed by atoms with Crippen LogP contribution in [0, 0.1) is 0 Å². The number of aliphatic hydroxyl groups is 1. The van der Waals surface area contributed by atoms with Crippen LogP contribution in [0.2, 0.25) is 0 Å². The lowest BCUT2D eigenvalue weighted by Crippen LogP contribution is -2.28. The van der Waals surface area contributed by atoms with Crippen LogP contribution in [-0.2, 0) is 13.0 Å². The molecular formula is C19H24ClNO4. The van der Waals surface area contributed by atoms with Crippen molar-refractivity contribution < 1.29 is 19.3 Å². The number of hydrogen-bond donors (Lipinski definition) is 2. The first kappa shape index (κ1) is 19.4. The SMILES string of the molecule is COc1cc(CN[C@@H]2c3ccccc3C[C@@H]2O)cc(OC)c1OC.Cl. The Hall–Kier alpha value is -1.95. The number of methoxy groups -OCH3 is 3. The lowest BCUT2D eigenvalue weighted by Gasteiger charge is -2.19. The Morgan fingerprint density at radius 3 is 2.28 bits per heavy atom. The van der Waals surface area contributed by atoms with Gasteiger partial charge in [-0.05, 0) is 28.8 Å². The van der Waals surface area contributed by atoms with Gasteiger partial charge in [0.1, 0.15) is 0 Å². The minimum Gasteiger partial charge on any atom is -0.493 e. The van der Waals surface area contributed by atoms with Gasteiger partial charge in [0.25, 0.3) is 0 Å². The average molecular weight is 366 g/mol. The third-order valence-electron chi connectivity index (χ3n) is 4.45. The second-order valence-electron chi connectivity index (χ2n) is 5.86. The van der Waals surface area contributed by atoms with E-state index in [9.17, 15) is 5.11 Å². The van der Waals surface area contributed by atoms with Crippen LogP contribution in [0.25, 0.3) is 0 Å². The Balaban J connectivity index is 0.00000225. The van der Waals surface area contributed by atoms with Crippen molar-refractivity contribution in [3.05, 3.63) is 53.1 Å². The van der Waals surface area contributed by atoms with Crippen LogP contribution in [0.5, 0.6) is 17.2 Å². The number of halogens is 1. The number of aliphatic hydroxyl groups excluding tert-OH is 1. The van der Waals surface area contributed by atoms with E-state index in [0.717, 1.165) is 11.1 Å². The average Bonchev–Trinajstić information content (AvgIpc) is 2.94. The highest BCUT2D eigenvalue weighted by Crippen LogP contribution is 2.38. The number of ether oxygens (including phenoxy) is 3. The summed E-state index contributed by atoms with van der Waals surface area (Å²) in [6.07, 6.45) is 0.271. The first-order chi connectivity index (χ1) is 11.7. The Kier molecular flexibility index (Phi) is 6.53. The van der Waals surface area contributed by atoms with Gasteiger partial charge in [-0.2, -0.15) is 0 Å². The van der Waals surface area contributed by atoms with Crippen LogP contribution in [0.3, 0.4) is 0 Å². The molecule has 0 saturated carbocycles. The first-order valence-corrected chi connectivity index (χ1v) is 7.96. The molecule has 0 saturated heterocycles. The number of fused-ring (bicyclic) bond motifs is 1. The van der Waals surface area contributed by atoms with Crippen LogP contribution < -0.4 is 19.5 Å². The molecule has 0 fully saturated rings. The van der Waals surface area contributed by atoms with Crippen LogP contribution in [-0.4, -0.2) is 32.5 Å². The van der Waals surface area contributed by atoms with Gasteiger partial charge >= 0.3 is 0 Å². The van der Waals surface area contributed by atoms with E-state index in [1.807, 2.05) is 24.3 Å². The molecule has 6 heteroatoms. The number of nitrogens with one attached hydrogen (secondary N) is 1. The number of benzene rings is 2. The summed E-state index contributed by atoms with van der Waals surface area (Å²) < 4.78 is 16.1. The first-order valence-electron chi connectivity index (χ1n) is 7.96. The molecule has 2 N–H and O–H groups in total. The highest BCUT2D eigenvalue weighted by Gasteiger charge is 2.30. The fourth-order valence-electron chi connectivity index (χ4n) is 3.29. The van der Waals surface area contributed by atoms with E-state index < -0.39 is 6.10 Å². The van der Waals surface area contributed by atoms with Gasteiger partial charge in [-0.1, -0.05) is 24.3 Å². The molecule has 25 heavy (non-hydrogen) atoms. The maximum Gasteiger partial charge on any atom is 0.203 e. The summed E-state index contributed by atoms with van der Waals surface area (Å²) in [5.41, 5.74) is 3.37. The molecule has 0 bridgehead atoms. The van der Waals surface area contributed by atoms with E-state index in [1.165, 1.54) is 5.56 Å². The predicted octanol–water partition coefficient (Wildman–Crippen LogP) is 2.88. The van der Waals surface area contributed by atoms with E-state index in [0.29, 0.717) is 30.2 Å². The van der Waals surface area contributed by atoms with Crippen molar-refractivity contribution in [3.8, 4) is 17.2 Å². The van der Waals surface area contributed by atoms with Crippen molar-refractivity contribution in [2.45, 2.75) is 25.1 Å². The molecule has 0 spiro atoms. The van der Waals surface area contributed by atoms with Crippen molar-refractivity contribution in [1.82, 2.24) is 5.32 Å². The summed E-state index contributed by atoms with van der Waals surface area (Å²) >= 11 is 0. The van der Waals surface area contributed by atoms with Crippen LogP contribution in [0.1, 0.15) is 22.7 Å². The summed E-state index contributed by atoms with van der Waals surface area (Å²) in [5, 5.41) is 13.8. The maximum atomic E-state index is 10.3. The molecule has 0 unspecified atom stereocenters.